The van der Waals surface area contributed by atoms with E-state index in [0.29, 0.717) is 5.88 Å². The summed E-state index contributed by atoms with van der Waals surface area (Å²) in [5.74, 6) is 1.10. The number of hydrogen-bond acceptors (Lipinski definition) is 2. The van der Waals surface area contributed by atoms with Gasteiger partial charge in [0.1, 0.15) is 6.33 Å². The molecule has 3 rings (SSSR count). The SMILES string of the molecule is ClCc1nncn1-c1cccc2ccccc12. The average molecular weight is 244 g/mol. The largest absolute Gasteiger partial charge is 0.284 e. The Morgan fingerprint density at radius 1 is 1.06 bits per heavy atom. The number of alkyl halides is 1. The van der Waals surface area contributed by atoms with Crippen LogP contribution in [0.4, 0.5) is 0 Å². The van der Waals surface area contributed by atoms with Crippen LogP contribution in [0, 0.1) is 0 Å². The van der Waals surface area contributed by atoms with Gasteiger partial charge in [0.2, 0.25) is 0 Å². The first kappa shape index (κ1) is 10.3. The fourth-order valence-electron chi connectivity index (χ4n) is 1.97. The van der Waals surface area contributed by atoms with E-state index in [2.05, 4.69) is 28.4 Å². The maximum Gasteiger partial charge on any atom is 0.152 e. The van der Waals surface area contributed by atoms with Gasteiger partial charge in [-0.25, -0.2) is 0 Å². The van der Waals surface area contributed by atoms with Crippen molar-refractivity contribution >= 4 is 22.4 Å². The van der Waals surface area contributed by atoms with Gasteiger partial charge >= 0.3 is 0 Å². The van der Waals surface area contributed by atoms with Gasteiger partial charge in [-0.2, -0.15) is 0 Å². The molecule has 3 aromatic rings. The molecule has 0 saturated carbocycles. The van der Waals surface area contributed by atoms with Crippen LogP contribution in [0.25, 0.3) is 16.5 Å². The molecule has 0 bridgehead atoms. The zero-order valence-corrected chi connectivity index (χ0v) is 9.80. The van der Waals surface area contributed by atoms with Crippen molar-refractivity contribution in [2.75, 3.05) is 0 Å². The van der Waals surface area contributed by atoms with Gasteiger partial charge in [0.15, 0.2) is 5.82 Å². The summed E-state index contributed by atoms with van der Waals surface area (Å²) in [6.45, 7) is 0. The molecule has 0 spiro atoms. The number of aromatic nitrogens is 3. The molecule has 17 heavy (non-hydrogen) atoms. The number of fused-ring (bicyclic) bond motifs is 1. The van der Waals surface area contributed by atoms with Crippen LogP contribution in [0.3, 0.4) is 0 Å². The third kappa shape index (κ3) is 1.68. The van der Waals surface area contributed by atoms with Crippen LogP contribution in [0.2, 0.25) is 0 Å². The minimum Gasteiger partial charge on any atom is -0.284 e. The lowest BCUT2D eigenvalue weighted by molar-refractivity contribution is 0.957. The molecule has 0 fully saturated rings. The molecular formula is C13H10ClN3. The Balaban J connectivity index is 2.31. The van der Waals surface area contributed by atoms with E-state index in [1.807, 2.05) is 28.8 Å². The first-order chi connectivity index (χ1) is 8.40. The molecular weight excluding hydrogens is 234 g/mol. The Hall–Kier alpha value is -1.87. The summed E-state index contributed by atoms with van der Waals surface area (Å²) in [5, 5.41) is 10.3. The molecule has 0 N–H and O–H groups in total. The van der Waals surface area contributed by atoms with E-state index in [1.54, 1.807) is 6.33 Å². The molecule has 1 aromatic heterocycles. The van der Waals surface area contributed by atoms with Crippen LogP contribution < -0.4 is 0 Å². The third-order valence-electron chi connectivity index (χ3n) is 2.76. The van der Waals surface area contributed by atoms with Crippen LogP contribution >= 0.6 is 11.6 Å². The smallest absolute Gasteiger partial charge is 0.152 e. The average Bonchev–Trinajstić information content (AvgIpc) is 2.86. The summed E-state index contributed by atoms with van der Waals surface area (Å²) in [6, 6.07) is 14.4. The Morgan fingerprint density at radius 2 is 1.88 bits per heavy atom. The Morgan fingerprint density at radius 3 is 2.76 bits per heavy atom. The fraction of sp³-hybridized carbons (Fsp3) is 0.0769. The second kappa shape index (κ2) is 4.18. The van der Waals surface area contributed by atoms with Crippen molar-refractivity contribution in [3.05, 3.63) is 54.6 Å². The predicted molar refractivity (Wildman–Crippen MR) is 68.4 cm³/mol. The number of halogens is 1. The van der Waals surface area contributed by atoms with Crippen molar-refractivity contribution in [1.82, 2.24) is 14.8 Å². The van der Waals surface area contributed by atoms with Gasteiger partial charge in [-0.15, -0.1) is 21.8 Å². The summed E-state index contributed by atoms with van der Waals surface area (Å²) >= 11 is 5.85. The fourth-order valence-corrected chi connectivity index (χ4v) is 2.15. The molecule has 0 aliphatic rings. The summed E-state index contributed by atoms with van der Waals surface area (Å²) in [5.41, 5.74) is 1.06. The van der Waals surface area contributed by atoms with Gasteiger partial charge < -0.3 is 0 Å². The summed E-state index contributed by atoms with van der Waals surface area (Å²) in [4.78, 5) is 0. The summed E-state index contributed by atoms with van der Waals surface area (Å²) in [6.07, 6.45) is 1.69. The van der Waals surface area contributed by atoms with Crippen molar-refractivity contribution in [3.8, 4) is 5.69 Å². The highest BCUT2D eigenvalue weighted by Crippen LogP contribution is 2.22. The molecule has 2 aromatic carbocycles. The molecule has 0 atom stereocenters. The lowest BCUT2D eigenvalue weighted by Gasteiger charge is -2.08. The van der Waals surface area contributed by atoms with Crippen LogP contribution in [-0.2, 0) is 5.88 Å². The zero-order chi connectivity index (χ0) is 11.7. The van der Waals surface area contributed by atoms with Crippen molar-refractivity contribution in [3.63, 3.8) is 0 Å². The standard InChI is InChI=1S/C13H10ClN3/c14-8-13-16-15-9-17(13)12-7-3-5-10-4-1-2-6-11(10)12/h1-7,9H,8H2. The van der Waals surface area contributed by atoms with E-state index < -0.39 is 0 Å². The number of rotatable bonds is 2. The highest BCUT2D eigenvalue weighted by molar-refractivity contribution is 6.16. The quantitative estimate of drug-likeness (QED) is 0.648. The van der Waals surface area contributed by atoms with Gasteiger partial charge in [0.05, 0.1) is 11.6 Å². The maximum absolute atomic E-state index is 5.85. The molecule has 84 valence electrons. The Bertz CT molecular complexity index is 655. The third-order valence-corrected chi connectivity index (χ3v) is 3.00. The minimum atomic E-state index is 0.350. The normalized spacial score (nSPS) is 10.9. The number of nitrogens with zero attached hydrogens (tertiary/aromatic N) is 3. The molecule has 0 unspecified atom stereocenters. The molecule has 0 radical (unpaired) electrons. The van der Waals surface area contributed by atoms with E-state index in [1.165, 1.54) is 10.8 Å². The second-order valence-electron chi connectivity index (χ2n) is 3.75. The summed E-state index contributed by atoms with van der Waals surface area (Å²) in [7, 11) is 0. The van der Waals surface area contributed by atoms with E-state index >= 15 is 0 Å². The van der Waals surface area contributed by atoms with Crippen molar-refractivity contribution < 1.29 is 0 Å². The monoisotopic (exact) mass is 243 g/mol. The van der Waals surface area contributed by atoms with Crippen LogP contribution in [0.5, 0.6) is 0 Å². The topological polar surface area (TPSA) is 30.7 Å². The molecule has 0 saturated heterocycles. The first-order valence-electron chi connectivity index (χ1n) is 5.33. The van der Waals surface area contributed by atoms with E-state index in [4.69, 9.17) is 11.6 Å². The van der Waals surface area contributed by atoms with Gasteiger partial charge in [0, 0.05) is 5.39 Å². The van der Waals surface area contributed by atoms with E-state index in [-0.39, 0.29) is 0 Å². The Kier molecular flexibility index (Phi) is 2.53. The lowest BCUT2D eigenvalue weighted by Crippen LogP contribution is -1.98. The number of hydrogen-bond donors (Lipinski definition) is 0. The van der Waals surface area contributed by atoms with E-state index in [9.17, 15) is 0 Å². The van der Waals surface area contributed by atoms with Gasteiger partial charge in [-0.1, -0.05) is 36.4 Å². The van der Waals surface area contributed by atoms with E-state index in [0.717, 1.165) is 11.5 Å². The van der Waals surface area contributed by atoms with Crippen LogP contribution in [0.15, 0.2) is 48.8 Å². The summed E-state index contributed by atoms with van der Waals surface area (Å²) < 4.78 is 1.93. The van der Waals surface area contributed by atoms with Gasteiger partial charge in [-0.3, -0.25) is 4.57 Å². The van der Waals surface area contributed by atoms with Gasteiger partial charge in [0.25, 0.3) is 0 Å². The minimum absolute atomic E-state index is 0.350. The molecule has 0 aliphatic carbocycles. The van der Waals surface area contributed by atoms with Crippen molar-refractivity contribution in [2.45, 2.75) is 5.88 Å². The molecule has 0 aliphatic heterocycles. The van der Waals surface area contributed by atoms with Gasteiger partial charge in [-0.05, 0) is 11.5 Å². The molecule has 1 heterocycles. The van der Waals surface area contributed by atoms with Crippen molar-refractivity contribution in [2.24, 2.45) is 0 Å². The lowest BCUT2D eigenvalue weighted by atomic mass is 10.1. The highest BCUT2D eigenvalue weighted by atomic mass is 35.5. The highest BCUT2D eigenvalue weighted by Gasteiger charge is 2.07. The number of benzene rings is 2. The molecule has 4 heteroatoms. The molecule has 3 nitrogen and oxygen atoms in total. The van der Waals surface area contributed by atoms with Crippen LogP contribution in [-0.4, -0.2) is 14.8 Å². The Labute approximate surface area is 104 Å². The van der Waals surface area contributed by atoms with Crippen molar-refractivity contribution in [1.29, 1.82) is 0 Å². The second-order valence-corrected chi connectivity index (χ2v) is 4.02. The molecule has 0 amide bonds. The predicted octanol–water partition coefficient (Wildman–Crippen LogP) is 3.16. The first-order valence-corrected chi connectivity index (χ1v) is 5.86. The van der Waals surface area contributed by atoms with Crippen LogP contribution in [0.1, 0.15) is 5.82 Å². The maximum atomic E-state index is 5.85. The zero-order valence-electron chi connectivity index (χ0n) is 9.05.